The second-order valence-electron chi connectivity index (χ2n) is 0. The second kappa shape index (κ2) is 25.2. The fraction of sp³-hybridized carbons (Fsp3) is 0. The molecule has 1 radical (unpaired) electrons. The Bertz CT molecular complexity index is 11.6. The maximum absolute atomic E-state index is 0. The summed E-state index contributed by atoms with van der Waals surface area (Å²) in [6.45, 7) is 0. The van der Waals surface area contributed by atoms with Crippen molar-refractivity contribution in [1.82, 2.24) is 0 Å². The van der Waals surface area contributed by atoms with Crippen molar-refractivity contribution in [2.45, 2.75) is 0 Å². The molecule has 0 amide bonds. The largest absolute Gasteiger partial charge is 0 e. The second-order valence-corrected chi connectivity index (χ2v) is 0. The van der Waals surface area contributed by atoms with Crippen molar-refractivity contribution in [2.24, 2.45) is 0 Å². The molecule has 0 atom stereocenters. The van der Waals surface area contributed by atoms with Crippen molar-refractivity contribution in [2.75, 3.05) is 0 Å². The van der Waals surface area contributed by atoms with Gasteiger partial charge in [0.1, 0.15) is 0 Å². The molecule has 0 saturated heterocycles. The Balaban J connectivity index is 0. The van der Waals surface area contributed by atoms with E-state index >= 15 is 0 Å². The summed E-state index contributed by atoms with van der Waals surface area (Å²) < 4.78 is 0. The van der Waals surface area contributed by atoms with Crippen LogP contribution in [-0.2, 0) is 112 Å². The monoisotopic (exact) mass is 601 g/mol. The summed E-state index contributed by atoms with van der Waals surface area (Å²) in [6, 6.07) is 0. The van der Waals surface area contributed by atoms with E-state index in [9.17, 15) is 0 Å². The van der Waals surface area contributed by atoms with E-state index in [1.165, 1.54) is 0 Å². The average molecular weight is 600 g/mol. The van der Waals surface area contributed by atoms with E-state index < -0.39 is 0 Å². The molecular formula is MoTaTiWZr. The molecule has 0 aliphatic heterocycles. The average Bonchev–Trinajstić information content (AvgIpc) is 0. The summed E-state index contributed by atoms with van der Waals surface area (Å²) in [5.41, 5.74) is 0. The molecule has 0 bridgehead atoms. The normalized spacial score (nSPS) is 0. The molecule has 0 saturated carbocycles. The first-order valence-corrected chi connectivity index (χ1v) is 0. The molecule has 0 spiro atoms. The van der Waals surface area contributed by atoms with E-state index in [0.717, 1.165) is 0 Å². The van der Waals surface area contributed by atoms with Gasteiger partial charge in [0, 0.05) is 112 Å². The molecule has 5 heavy (non-hydrogen) atoms. The molecule has 25 valence electrons. The molecule has 0 aromatic rings. The van der Waals surface area contributed by atoms with Crippen LogP contribution in [0.15, 0.2) is 0 Å². The van der Waals surface area contributed by atoms with Crippen molar-refractivity contribution >= 4 is 0 Å². The van der Waals surface area contributed by atoms with Crippen molar-refractivity contribution in [3.05, 3.63) is 0 Å². The van der Waals surface area contributed by atoms with Crippen LogP contribution in [0, 0.1) is 0 Å². The van der Waals surface area contributed by atoms with E-state index in [-0.39, 0.29) is 112 Å². The summed E-state index contributed by atoms with van der Waals surface area (Å²) in [6.07, 6.45) is 0. The third-order valence-electron chi connectivity index (χ3n) is 0. The molecule has 0 nitrogen and oxygen atoms in total. The van der Waals surface area contributed by atoms with Gasteiger partial charge in [0.05, 0.1) is 0 Å². The summed E-state index contributed by atoms with van der Waals surface area (Å²) in [5, 5.41) is 0. The molecule has 0 fully saturated rings. The van der Waals surface area contributed by atoms with Crippen LogP contribution in [-0.4, -0.2) is 0 Å². The van der Waals surface area contributed by atoms with Gasteiger partial charge in [-0.15, -0.1) is 0 Å². The van der Waals surface area contributed by atoms with Crippen LogP contribution in [0.25, 0.3) is 0 Å². The molecule has 0 unspecified atom stereocenters. The first kappa shape index (κ1) is 37.6. The fourth-order valence-corrected chi connectivity index (χ4v) is 0. The zero-order valence-corrected chi connectivity index (χ0v) is 14.4. The zero-order chi connectivity index (χ0) is 0. The van der Waals surface area contributed by atoms with Gasteiger partial charge in [0.25, 0.3) is 0 Å². The van der Waals surface area contributed by atoms with Crippen molar-refractivity contribution in [3.8, 4) is 0 Å². The van der Waals surface area contributed by atoms with Crippen molar-refractivity contribution in [1.29, 1.82) is 0 Å². The van der Waals surface area contributed by atoms with E-state index in [0.29, 0.717) is 0 Å². The maximum Gasteiger partial charge on any atom is 0 e. The van der Waals surface area contributed by atoms with Gasteiger partial charge in [-0.3, -0.25) is 0 Å². The van der Waals surface area contributed by atoms with Crippen LogP contribution in [0.3, 0.4) is 0 Å². The third kappa shape index (κ3) is 18.3. The first-order chi connectivity index (χ1) is 0. The van der Waals surface area contributed by atoms with Gasteiger partial charge in [0.2, 0.25) is 0 Å². The Labute approximate surface area is 110 Å². The Kier molecular flexibility index (Phi) is 190. The summed E-state index contributed by atoms with van der Waals surface area (Å²) in [4.78, 5) is 0. The molecule has 0 rings (SSSR count). The van der Waals surface area contributed by atoms with E-state index in [4.69, 9.17) is 0 Å². The van der Waals surface area contributed by atoms with E-state index in [1.807, 2.05) is 0 Å². The third-order valence-corrected chi connectivity index (χ3v) is 0. The smallest absolute Gasteiger partial charge is 0 e. The van der Waals surface area contributed by atoms with Gasteiger partial charge in [-0.25, -0.2) is 0 Å². The molecule has 0 aliphatic carbocycles. The fourth-order valence-electron chi connectivity index (χ4n) is 0. The Morgan fingerprint density at radius 2 is 1.00 bits per heavy atom. The molecule has 0 heterocycles. The number of rotatable bonds is 0. The standard InChI is InChI=1S/Mo.Ta.Ti.W.Zr. The van der Waals surface area contributed by atoms with Crippen molar-refractivity contribution in [3.63, 3.8) is 0 Å². The van der Waals surface area contributed by atoms with E-state index in [1.54, 1.807) is 0 Å². The van der Waals surface area contributed by atoms with Crippen LogP contribution in [0.5, 0.6) is 0 Å². The van der Waals surface area contributed by atoms with Gasteiger partial charge >= 0.3 is 0 Å². The van der Waals surface area contributed by atoms with Gasteiger partial charge in [-0.2, -0.15) is 0 Å². The zero-order valence-electron chi connectivity index (χ0n) is 2.26. The van der Waals surface area contributed by atoms with Crippen LogP contribution >= 0.6 is 0 Å². The van der Waals surface area contributed by atoms with Crippen LogP contribution in [0.1, 0.15) is 0 Å². The van der Waals surface area contributed by atoms with Crippen LogP contribution in [0.4, 0.5) is 0 Å². The maximum atomic E-state index is 0. The minimum atomic E-state index is 0. The topological polar surface area (TPSA) is 0 Å². The Hall–Kier alpha value is 3.71. The van der Waals surface area contributed by atoms with Gasteiger partial charge < -0.3 is 0 Å². The predicted molar refractivity (Wildman–Crippen MR) is 0 cm³/mol. The van der Waals surface area contributed by atoms with Crippen LogP contribution in [0.2, 0.25) is 0 Å². The van der Waals surface area contributed by atoms with Crippen molar-refractivity contribution < 1.29 is 112 Å². The molecule has 0 aromatic carbocycles. The number of hydrogen-bond acceptors (Lipinski definition) is 0. The van der Waals surface area contributed by atoms with Gasteiger partial charge in [-0.05, 0) is 0 Å². The molecular weight excluding hydrogens is 600 g/mol. The van der Waals surface area contributed by atoms with Gasteiger partial charge in [0.15, 0.2) is 0 Å². The predicted octanol–water partition coefficient (Wildman–Crippen LogP) is -0.0125. The molecule has 0 aliphatic rings. The SMILES string of the molecule is [Mo].[Ta].[Ti].[W].[Zr]. The van der Waals surface area contributed by atoms with E-state index in [2.05, 4.69) is 0 Å². The summed E-state index contributed by atoms with van der Waals surface area (Å²) in [5.74, 6) is 0. The molecule has 5 heteroatoms. The minimum absolute atomic E-state index is 0. The quantitative estimate of drug-likeness (QED) is 0.344. The molecule has 0 N–H and O–H groups in total. The van der Waals surface area contributed by atoms with Crippen LogP contribution < -0.4 is 0 Å². The Morgan fingerprint density at radius 3 is 1.00 bits per heavy atom. The molecule has 0 aromatic heterocycles. The minimum Gasteiger partial charge on any atom is 0 e. The first-order valence-electron chi connectivity index (χ1n) is 0. The van der Waals surface area contributed by atoms with Gasteiger partial charge in [-0.1, -0.05) is 0 Å². The summed E-state index contributed by atoms with van der Waals surface area (Å²) >= 11 is 0. The summed E-state index contributed by atoms with van der Waals surface area (Å²) in [7, 11) is 0. The number of hydrogen-bond donors (Lipinski definition) is 0. The Morgan fingerprint density at radius 1 is 1.00 bits per heavy atom.